The number of hydrogen-bond acceptors (Lipinski definition) is 9. The second-order valence-electron chi connectivity index (χ2n) is 6.66. The van der Waals surface area contributed by atoms with Crippen LogP contribution in [-0.2, 0) is 10.0 Å². The summed E-state index contributed by atoms with van der Waals surface area (Å²) in [5, 5.41) is 19.4. The SMILES string of the molecule is O=[N+]([O-])c1cc(S(=O)(=O)N2CCCCCC2)ccc1Sc1nnc(-c2ccco2)o1. The summed E-state index contributed by atoms with van der Waals surface area (Å²) in [7, 11) is -3.80. The fraction of sp³-hybridized carbons (Fsp3) is 0.333. The van der Waals surface area contributed by atoms with Gasteiger partial charge in [-0.1, -0.05) is 12.8 Å². The number of benzene rings is 1. The van der Waals surface area contributed by atoms with E-state index in [4.69, 9.17) is 8.83 Å². The van der Waals surface area contributed by atoms with Gasteiger partial charge in [-0.15, -0.1) is 10.2 Å². The van der Waals surface area contributed by atoms with Crippen molar-refractivity contribution in [2.24, 2.45) is 0 Å². The van der Waals surface area contributed by atoms with Gasteiger partial charge in [0, 0.05) is 19.2 Å². The van der Waals surface area contributed by atoms with Gasteiger partial charge in [0.1, 0.15) is 0 Å². The molecule has 3 aromatic rings. The smallest absolute Gasteiger partial charge is 0.284 e. The van der Waals surface area contributed by atoms with Crippen LogP contribution in [0.25, 0.3) is 11.7 Å². The first-order chi connectivity index (χ1) is 14.4. The molecular weight excluding hydrogens is 432 g/mol. The van der Waals surface area contributed by atoms with Crippen molar-refractivity contribution in [3.63, 3.8) is 0 Å². The molecule has 12 heteroatoms. The first kappa shape index (κ1) is 20.6. The average Bonchev–Trinajstić information content (AvgIpc) is 3.34. The maximum atomic E-state index is 13.0. The van der Waals surface area contributed by atoms with Crippen molar-refractivity contribution in [1.82, 2.24) is 14.5 Å². The number of nitro groups is 1. The number of sulfonamides is 1. The molecule has 2 aromatic heterocycles. The molecule has 1 aliphatic rings. The van der Waals surface area contributed by atoms with Crippen LogP contribution in [0.3, 0.4) is 0 Å². The summed E-state index contributed by atoms with van der Waals surface area (Å²) in [6.45, 7) is 0.842. The maximum absolute atomic E-state index is 13.0. The molecule has 0 N–H and O–H groups in total. The van der Waals surface area contributed by atoms with Crippen molar-refractivity contribution in [2.75, 3.05) is 13.1 Å². The molecular formula is C18H18N4O6S2. The van der Waals surface area contributed by atoms with Crippen molar-refractivity contribution in [3.8, 4) is 11.7 Å². The molecule has 0 radical (unpaired) electrons. The van der Waals surface area contributed by atoms with E-state index in [-0.39, 0.29) is 26.6 Å². The largest absolute Gasteiger partial charge is 0.459 e. The molecule has 0 amide bonds. The minimum atomic E-state index is -3.80. The Bertz CT molecular complexity index is 1140. The quantitative estimate of drug-likeness (QED) is 0.404. The summed E-state index contributed by atoms with van der Waals surface area (Å²) in [6, 6.07) is 7.17. The monoisotopic (exact) mass is 450 g/mol. The predicted molar refractivity (Wildman–Crippen MR) is 106 cm³/mol. The summed E-state index contributed by atoms with van der Waals surface area (Å²) in [6.07, 6.45) is 4.98. The molecule has 1 aromatic carbocycles. The lowest BCUT2D eigenvalue weighted by atomic mass is 10.2. The highest BCUT2D eigenvalue weighted by Gasteiger charge is 2.28. The molecule has 0 saturated carbocycles. The van der Waals surface area contributed by atoms with E-state index < -0.39 is 14.9 Å². The Morgan fingerprint density at radius 1 is 1.10 bits per heavy atom. The third-order valence-electron chi connectivity index (χ3n) is 4.67. The Morgan fingerprint density at radius 3 is 2.53 bits per heavy atom. The van der Waals surface area contributed by atoms with Crippen LogP contribution < -0.4 is 0 Å². The molecule has 1 aliphatic heterocycles. The third-order valence-corrected chi connectivity index (χ3v) is 7.46. The standard InChI is InChI=1S/C18H18N4O6S2/c23-22(24)14-12-13(30(25,26)21-9-3-1-2-4-10-21)7-8-16(14)29-18-20-19-17(28-18)15-6-5-11-27-15/h5-8,11-12H,1-4,9-10H2. The molecule has 1 saturated heterocycles. The second kappa shape index (κ2) is 8.58. The van der Waals surface area contributed by atoms with E-state index in [1.165, 1.54) is 22.7 Å². The van der Waals surface area contributed by atoms with E-state index in [0.29, 0.717) is 18.8 Å². The van der Waals surface area contributed by atoms with Crippen LogP contribution in [0.4, 0.5) is 5.69 Å². The maximum Gasteiger partial charge on any atom is 0.284 e. The van der Waals surface area contributed by atoms with Gasteiger partial charge >= 0.3 is 0 Å². The average molecular weight is 450 g/mol. The van der Waals surface area contributed by atoms with Crippen LogP contribution in [0.1, 0.15) is 25.7 Å². The first-order valence-corrected chi connectivity index (χ1v) is 11.5. The number of nitro benzene ring substituents is 1. The van der Waals surface area contributed by atoms with Gasteiger partial charge in [0.25, 0.3) is 16.8 Å². The minimum Gasteiger partial charge on any atom is -0.459 e. The second-order valence-corrected chi connectivity index (χ2v) is 9.59. The lowest BCUT2D eigenvalue weighted by Gasteiger charge is -2.19. The van der Waals surface area contributed by atoms with Gasteiger partial charge in [0.2, 0.25) is 10.0 Å². The summed E-state index contributed by atoms with van der Waals surface area (Å²) in [4.78, 5) is 11.1. The van der Waals surface area contributed by atoms with Crippen molar-refractivity contribution >= 4 is 27.5 Å². The zero-order valence-electron chi connectivity index (χ0n) is 15.8. The van der Waals surface area contributed by atoms with Gasteiger partial charge in [-0.05, 0) is 48.9 Å². The molecule has 0 aliphatic carbocycles. The predicted octanol–water partition coefficient (Wildman–Crippen LogP) is 3.95. The van der Waals surface area contributed by atoms with Crippen LogP contribution >= 0.6 is 11.8 Å². The van der Waals surface area contributed by atoms with Gasteiger partial charge in [0.15, 0.2) is 5.76 Å². The fourth-order valence-electron chi connectivity index (χ4n) is 3.16. The minimum absolute atomic E-state index is 0.0765. The molecule has 0 atom stereocenters. The van der Waals surface area contributed by atoms with Gasteiger partial charge in [0.05, 0.1) is 21.0 Å². The highest BCUT2D eigenvalue weighted by atomic mass is 32.2. The lowest BCUT2D eigenvalue weighted by Crippen LogP contribution is -2.31. The zero-order valence-corrected chi connectivity index (χ0v) is 17.4. The van der Waals surface area contributed by atoms with Gasteiger partial charge in [-0.3, -0.25) is 10.1 Å². The van der Waals surface area contributed by atoms with E-state index in [1.54, 1.807) is 12.1 Å². The number of hydrogen-bond donors (Lipinski definition) is 0. The van der Waals surface area contributed by atoms with Gasteiger partial charge in [-0.2, -0.15) is 4.31 Å². The van der Waals surface area contributed by atoms with Gasteiger partial charge in [-0.25, -0.2) is 8.42 Å². The molecule has 30 heavy (non-hydrogen) atoms. The van der Waals surface area contributed by atoms with Crippen LogP contribution in [-0.4, -0.2) is 40.9 Å². The van der Waals surface area contributed by atoms with Crippen LogP contribution in [0.2, 0.25) is 0 Å². The lowest BCUT2D eigenvalue weighted by molar-refractivity contribution is -0.388. The van der Waals surface area contributed by atoms with E-state index in [2.05, 4.69) is 10.2 Å². The molecule has 0 bridgehead atoms. The Kier molecular flexibility index (Phi) is 5.88. The molecule has 158 valence electrons. The Hall–Kier alpha value is -2.70. The normalized spacial score (nSPS) is 15.7. The van der Waals surface area contributed by atoms with Crippen molar-refractivity contribution in [1.29, 1.82) is 0 Å². The molecule has 1 fully saturated rings. The molecule has 0 spiro atoms. The number of furan rings is 1. The summed E-state index contributed by atoms with van der Waals surface area (Å²) < 4.78 is 38.0. The Labute approximate surface area is 176 Å². The van der Waals surface area contributed by atoms with Crippen molar-refractivity contribution in [2.45, 2.75) is 40.7 Å². The van der Waals surface area contributed by atoms with Crippen molar-refractivity contribution < 1.29 is 22.2 Å². The Morgan fingerprint density at radius 2 is 1.87 bits per heavy atom. The molecule has 10 nitrogen and oxygen atoms in total. The highest BCUT2D eigenvalue weighted by Crippen LogP contribution is 2.37. The Balaban J connectivity index is 1.61. The van der Waals surface area contributed by atoms with E-state index in [1.807, 2.05) is 0 Å². The first-order valence-electron chi connectivity index (χ1n) is 9.29. The zero-order chi connectivity index (χ0) is 21.1. The van der Waals surface area contributed by atoms with Crippen LogP contribution in [0.5, 0.6) is 0 Å². The van der Waals surface area contributed by atoms with Crippen LogP contribution in [0.15, 0.2) is 60.4 Å². The summed E-state index contributed by atoms with van der Waals surface area (Å²) in [5.41, 5.74) is -0.339. The van der Waals surface area contributed by atoms with Crippen molar-refractivity contribution in [3.05, 3.63) is 46.7 Å². The molecule has 0 unspecified atom stereocenters. The van der Waals surface area contributed by atoms with Crippen LogP contribution in [0, 0.1) is 10.1 Å². The van der Waals surface area contributed by atoms with E-state index in [0.717, 1.165) is 43.5 Å². The highest BCUT2D eigenvalue weighted by molar-refractivity contribution is 7.99. The van der Waals surface area contributed by atoms with E-state index in [9.17, 15) is 18.5 Å². The summed E-state index contributed by atoms with van der Waals surface area (Å²) >= 11 is 0.887. The number of aromatic nitrogens is 2. The summed E-state index contributed by atoms with van der Waals surface area (Å²) in [5.74, 6) is 0.522. The molecule has 4 rings (SSSR count). The van der Waals surface area contributed by atoms with Gasteiger partial charge < -0.3 is 8.83 Å². The third kappa shape index (κ3) is 4.25. The number of rotatable bonds is 6. The number of nitrogens with zero attached hydrogens (tertiary/aromatic N) is 4. The fourth-order valence-corrected chi connectivity index (χ4v) is 5.46. The molecule has 3 heterocycles. The topological polar surface area (TPSA) is 133 Å². The van der Waals surface area contributed by atoms with E-state index >= 15 is 0 Å².